The van der Waals surface area contributed by atoms with Gasteiger partial charge in [0.2, 0.25) is 0 Å². The van der Waals surface area contributed by atoms with Crippen molar-refractivity contribution in [2.24, 2.45) is 0 Å². The molecule has 0 spiro atoms. The smallest absolute Gasteiger partial charge is 0.320 e. The monoisotopic (exact) mass is 187 g/mol. The van der Waals surface area contributed by atoms with Crippen LogP contribution in [0, 0.1) is 0 Å². The number of carbonyl (C=O) groups is 1. The number of rotatable bonds is 5. The van der Waals surface area contributed by atoms with Crippen LogP contribution in [0.3, 0.4) is 0 Å². The van der Waals surface area contributed by atoms with Crippen molar-refractivity contribution in [3.63, 3.8) is 0 Å². The lowest BCUT2D eigenvalue weighted by atomic mass is 9.80. The summed E-state index contributed by atoms with van der Waals surface area (Å²) in [6.45, 7) is 2.22. The minimum Gasteiger partial charge on any atom is -0.480 e. The quantitative estimate of drug-likeness (QED) is 0.581. The second-order valence-electron chi connectivity index (χ2n) is 3.76. The summed E-state index contributed by atoms with van der Waals surface area (Å²) in [5, 5.41) is 21.3. The summed E-state index contributed by atoms with van der Waals surface area (Å²) >= 11 is 0. The van der Waals surface area contributed by atoms with Gasteiger partial charge < -0.3 is 15.5 Å². The first-order valence-corrected chi connectivity index (χ1v) is 4.76. The first-order valence-electron chi connectivity index (χ1n) is 4.76. The Hall–Kier alpha value is -0.610. The number of aliphatic carboxylic acids is 1. The zero-order chi connectivity index (χ0) is 9.90. The van der Waals surface area contributed by atoms with Gasteiger partial charge in [-0.05, 0) is 25.7 Å². The molecule has 0 radical (unpaired) electrons. The van der Waals surface area contributed by atoms with E-state index in [1.54, 1.807) is 0 Å². The van der Waals surface area contributed by atoms with E-state index in [0.29, 0.717) is 13.0 Å². The minimum absolute atomic E-state index is 0.401. The standard InChI is InChI=1S/C9H17NO3/c1-2-7(8(11)12)10-6-9(13)4-3-5-9/h7,10,13H,2-6H2,1H3,(H,11,12). The van der Waals surface area contributed by atoms with Crippen molar-refractivity contribution in [3.8, 4) is 0 Å². The average Bonchev–Trinajstić information content (AvgIpc) is 2.02. The van der Waals surface area contributed by atoms with Crippen LogP contribution in [0.2, 0.25) is 0 Å². The Bertz CT molecular complexity index is 189. The fourth-order valence-corrected chi connectivity index (χ4v) is 1.48. The van der Waals surface area contributed by atoms with E-state index in [1.807, 2.05) is 6.92 Å². The molecule has 0 aromatic rings. The second kappa shape index (κ2) is 4.07. The van der Waals surface area contributed by atoms with Crippen LogP contribution in [0.25, 0.3) is 0 Å². The first-order chi connectivity index (χ1) is 6.07. The molecule has 13 heavy (non-hydrogen) atoms. The van der Waals surface area contributed by atoms with Gasteiger partial charge in [-0.2, -0.15) is 0 Å². The van der Waals surface area contributed by atoms with Crippen molar-refractivity contribution < 1.29 is 15.0 Å². The molecule has 4 nitrogen and oxygen atoms in total. The van der Waals surface area contributed by atoms with E-state index in [1.165, 1.54) is 0 Å². The number of aliphatic hydroxyl groups is 1. The fourth-order valence-electron chi connectivity index (χ4n) is 1.48. The van der Waals surface area contributed by atoms with Gasteiger partial charge in [-0.3, -0.25) is 4.79 Å². The van der Waals surface area contributed by atoms with Crippen molar-refractivity contribution >= 4 is 5.97 Å². The van der Waals surface area contributed by atoms with Crippen molar-refractivity contribution in [3.05, 3.63) is 0 Å². The van der Waals surface area contributed by atoms with E-state index in [9.17, 15) is 9.90 Å². The molecule has 0 aromatic heterocycles. The maximum absolute atomic E-state index is 10.6. The van der Waals surface area contributed by atoms with Crippen LogP contribution in [-0.4, -0.2) is 34.4 Å². The maximum Gasteiger partial charge on any atom is 0.320 e. The topological polar surface area (TPSA) is 69.6 Å². The number of carboxylic acids is 1. The average molecular weight is 187 g/mol. The van der Waals surface area contributed by atoms with Gasteiger partial charge in [0.15, 0.2) is 0 Å². The van der Waals surface area contributed by atoms with Crippen molar-refractivity contribution in [2.75, 3.05) is 6.54 Å². The van der Waals surface area contributed by atoms with E-state index < -0.39 is 17.6 Å². The van der Waals surface area contributed by atoms with E-state index in [-0.39, 0.29) is 0 Å². The summed E-state index contributed by atoms with van der Waals surface area (Å²) < 4.78 is 0. The van der Waals surface area contributed by atoms with Gasteiger partial charge in [0.25, 0.3) is 0 Å². The van der Waals surface area contributed by atoms with Crippen molar-refractivity contribution in [2.45, 2.75) is 44.2 Å². The Morgan fingerprint density at radius 1 is 1.62 bits per heavy atom. The van der Waals surface area contributed by atoms with Crippen LogP contribution < -0.4 is 5.32 Å². The first kappa shape index (κ1) is 10.5. The predicted molar refractivity (Wildman–Crippen MR) is 48.5 cm³/mol. The molecular formula is C9H17NO3. The Morgan fingerprint density at radius 3 is 2.54 bits per heavy atom. The normalized spacial score (nSPS) is 22.0. The molecule has 76 valence electrons. The highest BCUT2D eigenvalue weighted by molar-refractivity contribution is 5.73. The van der Waals surface area contributed by atoms with Gasteiger partial charge in [0.1, 0.15) is 6.04 Å². The zero-order valence-corrected chi connectivity index (χ0v) is 7.92. The summed E-state index contributed by atoms with van der Waals surface area (Å²) in [5.41, 5.74) is -0.636. The molecule has 0 saturated heterocycles. The molecule has 1 aliphatic rings. The molecule has 1 atom stereocenters. The summed E-state index contributed by atoms with van der Waals surface area (Å²) in [6, 6.07) is -0.523. The van der Waals surface area contributed by atoms with Gasteiger partial charge >= 0.3 is 5.97 Å². The van der Waals surface area contributed by atoms with Crippen molar-refractivity contribution in [1.29, 1.82) is 0 Å². The van der Waals surface area contributed by atoms with Gasteiger partial charge in [-0.25, -0.2) is 0 Å². The van der Waals surface area contributed by atoms with Gasteiger partial charge in [-0.1, -0.05) is 6.92 Å². The van der Waals surface area contributed by atoms with Crippen LogP contribution in [0.1, 0.15) is 32.6 Å². The highest BCUT2D eigenvalue weighted by Gasteiger charge is 2.34. The molecule has 1 saturated carbocycles. The van der Waals surface area contributed by atoms with E-state index in [2.05, 4.69) is 5.32 Å². The summed E-state index contributed by atoms with van der Waals surface area (Å²) in [7, 11) is 0. The molecule has 0 heterocycles. The number of carboxylic acid groups (broad SMARTS) is 1. The summed E-state index contributed by atoms with van der Waals surface area (Å²) in [5.74, 6) is -0.842. The minimum atomic E-state index is -0.842. The fraction of sp³-hybridized carbons (Fsp3) is 0.889. The highest BCUT2D eigenvalue weighted by atomic mass is 16.4. The molecule has 0 amide bonds. The molecule has 0 aromatic carbocycles. The zero-order valence-electron chi connectivity index (χ0n) is 7.92. The van der Waals surface area contributed by atoms with Crippen LogP contribution in [0.15, 0.2) is 0 Å². The third kappa shape index (κ3) is 2.67. The SMILES string of the molecule is CCC(NCC1(O)CCC1)C(=O)O. The number of nitrogens with one attached hydrogen (secondary N) is 1. The molecule has 1 rings (SSSR count). The second-order valence-corrected chi connectivity index (χ2v) is 3.76. The molecule has 1 unspecified atom stereocenters. The van der Waals surface area contributed by atoms with Crippen LogP contribution >= 0.6 is 0 Å². The summed E-state index contributed by atoms with van der Waals surface area (Å²) in [6.07, 6.45) is 3.17. The molecule has 0 aliphatic heterocycles. The highest BCUT2D eigenvalue weighted by Crippen LogP contribution is 2.30. The van der Waals surface area contributed by atoms with Crippen LogP contribution in [-0.2, 0) is 4.79 Å². The lowest BCUT2D eigenvalue weighted by Crippen LogP contribution is -2.50. The molecule has 4 heteroatoms. The summed E-state index contributed by atoms with van der Waals surface area (Å²) in [4.78, 5) is 10.6. The number of hydrogen-bond donors (Lipinski definition) is 3. The Balaban J connectivity index is 2.27. The predicted octanol–water partition coefficient (Wildman–Crippen LogP) is 0.354. The molecule has 1 aliphatic carbocycles. The maximum atomic E-state index is 10.6. The van der Waals surface area contributed by atoms with E-state index >= 15 is 0 Å². The molecule has 1 fully saturated rings. The Kier molecular flexibility index (Phi) is 3.27. The van der Waals surface area contributed by atoms with Gasteiger partial charge in [0, 0.05) is 6.54 Å². The Morgan fingerprint density at radius 2 is 2.23 bits per heavy atom. The van der Waals surface area contributed by atoms with Crippen LogP contribution in [0.5, 0.6) is 0 Å². The van der Waals surface area contributed by atoms with Crippen molar-refractivity contribution in [1.82, 2.24) is 5.32 Å². The van der Waals surface area contributed by atoms with Gasteiger partial charge in [-0.15, -0.1) is 0 Å². The largest absolute Gasteiger partial charge is 0.480 e. The molecule has 0 bridgehead atoms. The third-order valence-electron chi connectivity index (χ3n) is 2.67. The number of hydrogen-bond acceptors (Lipinski definition) is 3. The lowest BCUT2D eigenvalue weighted by Gasteiger charge is -2.37. The molecule has 3 N–H and O–H groups in total. The Labute approximate surface area is 78.0 Å². The van der Waals surface area contributed by atoms with E-state index in [4.69, 9.17) is 5.11 Å². The van der Waals surface area contributed by atoms with Gasteiger partial charge in [0.05, 0.1) is 5.60 Å². The lowest BCUT2D eigenvalue weighted by molar-refractivity contribution is -0.140. The van der Waals surface area contributed by atoms with E-state index in [0.717, 1.165) is 19.3 Å². The third-order valence-corrected chi connectivity index (χ3v) is 2.67. The molecular weight excluding hydrogens is 170 g/mol. The van der Waals surface area contributed by atoms with Crippen LogP contribution in [0.4, 0.5) is 0 Å².